The van der Waals surface area contributed by atoms with Gasteiger partial charge >= 0.3 is 199 Å². The van der Waals surface area contributed by atoms with E-state index in [1.54, 1.807) is 0 Å². The van der Waals surface area contributed by atoms with Crippen LogP contribution in [0, 0.1) is 31.1 Å². The van der Waals surface area contributed by atoms with Crippen LogP contribution in [0.3, 0.4) is 0 Å². The van der Waals surface area contributed by atoms with E-state index in [-0.39, 0.29) is 11.1 Å². The van der Waals surface area contributed by atoms with Crippen molar-refractivity contribution in [1.29, 1.82) is 0 Å². The molecule has 168 valence electrons. The van der Waals surface area contributed by atoms with Crippen LogP contribution in [-0.2, 0) is 0 Å². The van der Waals surface area contributed by atoms with Gasteiger partial charge in [0.15, 0.2) is 0 Å². The third kappa shape index (κ3) is 8.13. The molecule has 0 spiro atoms. The van der Waals surface area contributed by atoms with Gasteiger partial charge in [-0.15, -0.1) is 0 Å². The average molecular weight is 588 g/mol. The Morgan fingerprint density at radius 1 is 0.429 bits per heavy atom. The maximum absolute atomic E-state index is 3.30. The van der Waals surface area contributed by atoms with Crippen molar-refractivity contribution in [3.05, 3.63) is 0 Å². The molecule has 0 heterocycles. The minimum atomic E-state index is -2.76. The molecule has 0 bridgehead atoms. The van der Waals surface area contributed by atoms with Crippen molar-refractivity contribution in [2.24, 2.45) is 0 Å². The van der Waals surface area contributed by atoms with Crippen molar-refractivity contribution in [3.8, 4) is 0 Å². The zero-order chi connectivity index (χ0) is 23.3. The molecule has 0 aliphatic carbocycles. The van der Waals surface area contributed by atoms with Gasteiger partial charge < -0.3 is 0 Å². The van der Waals surface area contributed by atoms with Crippen molar-refractivity contribution in [2.45, 2.75) is 131 Å². The SMILES string of the molecule is CC(C)(C)[N]([La]([N]([Si](C)(C)C)[Si](C)(C)C)[N]([Si](C)(C)C)[Si](C)(C)C)C(C)(C)C. The second-order valence-corrected chi connectivity index (χ2v) is 48.2. The minimum absolute atomic E-state index is 0.194. The Balaban J connectivity index is 7.30. The summed E-state index contributed by atoms with van der Waals surface area (Å²) in [4.78, 5) is 0. The van der Waals surface area contributed by atoms with Gasteiger partial charge in [0.25, 0.3) is 0 Å². The van der Waals surface area contributed by atoms with Gasteiger partial charge in [-0.2, -0.15) is 0 Å². The molecule has 0 amide bonds. The van der Waals surface area contributed by atoms with Gasteiger partial charge in [0.05, 0.1) is 0 Å². The molecule has 0 radical (unpaired) electrons. The molecule has 0 aromatic carbocycles. The molecule has 0 unspecified atom stereocenters. The molecule has 0 rings (SSSR count). The predicted molar refractivity (Wildman–Crippen MR) is 138 cm³/mol. The molecule has 0 N–H and O–H groups in total. The summed E-state index contributed by atoms with van der Waals surface area (Å²) in [6.07, 6.45) is 0. The quantitative estimate of drug-likeness (QED) is 0.292. The fraction of sp³-hybridized carbons (Fsp3) is 1.00. The number of nitrogens with zero attached hydrogens (tertiary/aromatic N) is 3. The summed E-state index contributed by atoms with van der Waals surface area (Å²) in [6, 6.07) is 0. The zero-order valence-corrected chi connectivity index (χ0v) is 30.5. The van der Waals surface area contributed by atoms with Crippen LogP contribution in [0.2, 0.25) is 78.6 Å². The summed E-state index contributed by atoms with van der Waals surface area (Å²) in [7, 11) is -5.88. The Morgan fingerprint density at radius 2 is 0.607 bits per heavy atom. The van der Waals surface area contributed by atoms with E-state index in [2.05, 4.69) is 124 Å². The van der Waals surface area contributed by atoms with Crippen LogP contribution in [-0.4, -0.2) is 47.7 Å². The van der Waals surface area contributed by atoms with E-state index in [1.165, 1.54) is 0 Å². The number of hydrogen-bond donors (Lipinski definition) is 0. The molecular formula is C20H54LaN3Si4. The first-order valence-corrected chi connectivity index (χ1v) is 29.8. The molecule has 8 heteroatoms. The summed E-state index contributed by atoms with van der Waals surface area (Å²) in [5.41, 5.74) is 0.388. The fourth-order valence-corrected chi connectivity index (χ4v) is 67.0. The van der Waals surface area contributed by atoms with Crippen molar-refractivity contribution >= 4 is 32.9 Å². The van der Waals surface area contributed by atoms with E-state index in [0.717, 1.165) is 0 Å². The first-order valence-electron chi connectivity index (χ1n) is 11.1. The molecule has 28 heavy (non-hydrogen) atoms. The monoisotopic (exact) mass is 587 g/mol. The number of rotatable bonds is 7. The van der Waals surface area contributed by atoms with E-state index >= 15 is 0 Å². The van der Waals surface area contributed by atoms with Crippen LogP contribution in [0.25, 0.3) is 0 Å². The molecule has 0 aromatic heterocycles. The Morgan fingerprint density at radius 3 is 0.714 bits per heavy atom. The zero-order valence-electron chi connectivity index (χ0n) is 22.9. The summed E-state index contributed by atoms with van der Waals surface area (Å²) < 4.78 is 9.69. The van der Waals surface area contributed by atoms with Gasteiger partial charge in [-0.25, -0.2) is 0 Å². The summed E-state index contributed by atoms with van der Waals surface area (Å²) in [5, 5.41) is 0. The second kappa shape index (κ2) is 9.06. The van der Waals surface area contributed by atoms with E-state index in [9.17, 15) is 0 Å². The first kappa shape index (κ1) is 29.9. The molecule has 0 aliphatic rings. The van der Waals surface area contributed by atoms with E-state index in [4.69, 9.17) is 0 Å². The van der Waals surface area contributed by atoms with E-state index < -0.39 is 64.0 Å². The molecule has 0 saturated carbocycles. The third-order valence-electron chi connectivity index (χ3n) is 5.03. The van der Waals surface area contributed by atoms with E-state index in [0.29, 0.717) is 0 Å². The van der Waals surface area contributed by atoms with Crippen LogP contribution in [0.1, 0.15) is 41.5 Å². The van der Waals surface area contributed by atoms with Crippen LogP contribution in [0.5, 0.6) is 0 Å². The van der Waals surface area contributed by atoms with Gasteiger partial charge in [0.1, 0.15) is 0 Å². The Labute approximate surface area is 197 Å². The first-order chi connectivity index (χ1) is 11.7. The van der Waals surface area contributed by atoms with Crippen LogP contribution >= 0.6 is 0 Å². The molecule has 0 aliphatic heterocycles. The normalized spacial score (nSPS) is 15.8. The molecule has 0 fully saturated rings. The third-order valence-corrected chi connectivity index (χ3v) is 64.0. The molecular weight excluding hydrogens is 533 g/mol. The average Bonchev–Trinajstić information content (AvgIpc) is 2.13. The van der Waals surface area contributed by atoms with Crippen LogP contribution in [0.15, 0.2) is 0 Å². The standard InChI is InChI=1S/C8H18N.2C6H18NSi2.La/c1-7(2,3)9-8(4,5)6;2*1-8(2,3)7-9(4,5)6;/h3*1-6H3;/q3*-1;+3. The fourth-order valence-electron chi connectivity index (χ4n) is 5.44. The summed E-state index contributed by atoms with van der Waals surface area (Å²) >= 11 is -2.76. The Bertz CT molecular complexity index is 396. The van der Waals surface area contributed by atoms with Crippen molar-refractivity contribution < 1.29 is 31.1 Å². The second-order valence-electron chi connectivity index (χ2n) is 14.5. The van der Waals surface area contributed by atoms with Gasteiger partial charge in [-0.1, -0.05) is 0 Å². The van der Waals surface area contributed by atoms with Gasteiger partial charge in [0, 0.05) is 0 Å². The summed E-state index contributed by atoms with van der Waals surface area (Å²) in [6.45, 7) is 46.3. The Kier molecular flexibility index (Phi) is 9.69. The number of hydrogen-bond acceptors (Lipinski definition) is 3. The topological polar surface area (TPSA) is 9.72 Å². The molecule has 0 saturated heterocycles. The molecule has 0 aromatic rings. The van der Waals surface area contributed by atoms with Gasteiger partial charge in [-0.05, 0) is 0 Å². The van der Waals surface area contributed by atoms with Crippen molar-refractivity contribution in [3.63, 3.8) is 0 Å². The molecule has 3 nitrogen and oxygen atoms in total. The Hall–Kier alpha value is 1.94. The van der Waals surface area contributed by atoms with Crippen molar-refractivity contribution in [2.75, 3.05) is 0 Å². The predicted octanol–water partition coefficient (Wildman–Crippen LogP) is 7.19. The van der Waals surface area contributed by atoms with Crippen LogP contribution < -0.4 is 0 Å². The van der Waals surface area contributed by atoms with Gasteiger partial charge in [-0.3, -0.25) is 0 Å². The molecule has 0 atom stereocenters. The van der Waals surface area contributed by atoms with E-state index in [1.807, 2.05) is 0 Å². The van der Waals surface area contributed by atoms with Crippen molar-refractivity contribution in [1.82, 2.24) is 3.65 Å². The summed E-state index contributed by atoms with van der Waals surface area (Å²) in [5.74, 6) is 0. The van der Waals surface area contributed by atoms with Gasteiger partial charge in [0.2, 0.25) is 0 Å². The van der Waals surface area contributed by atoms with Crippen LogP contribution in [0.4, 0.5) is 0 Å². The maximum atomic E-state index is 3.30.